The zero-order valence-corrected chi connectivity index (χ0v) is 12.6. The van der Waals surface area contributed by atoms with Crippen molar-refractivity contribution < 1.29 is 19.4 Å². The van der Waals surface area contributed by atoms with Crippen molar-refractivity contribution in [2.75, 3.05) is 6.61 Å². The first-order chi connectivity index (χ1) is 8.45. The highest BCUT2D eigenvalue weighted by Crippen LogP contribution is 2.33. The van der Waals surface area contributed by atoms with Crippen molar-refractivity contribution in [2.45, 2.75) is 6.92 Å². The third-order valence-corrected chi connectivity index (χ3v) is 3.00. The maximum absolute atomic E-state index is 11.0. The van der Waals surface area contributed by atoms with E-state index in [1.54, 1.807) is 12.1 Å². The second kappa shape index (κ2) is 6.70. The Hall–Kier alpha value is -1.14. The van der Waals surface area contributed by atoms with E-state index in [1.165, 1.54) is 6.08 Å². The van der Waals surface area contributed by atoms with E-state index in [2.05, 4.69) is 31.9 Å². The Bertz CT molecular complexity index is 509. The Labute approximate surface area is 121 Å². The van der Waals surface area contributed by atoms with E-state index >= 15 is 0 Å². The summed E-state index contributed by atoms with van der Waals surface area (Å²) < 4.78 is 6.95. The summed E-state index contributed by atoms with van der Waals surface area (Å²) in [4.78, 5) is 21.4. The molecule has 0 spiro atoms. The Balaban J connectivity index is 3.14. The van der Waals surface area contributed by atoms with Gasteiger partial charge in [-0.15, -0.1) is 0 Å². The molecule has 0 unspecified atom stereocenters. The van der Waals surface area contributed by atoms with E-state index in [1.807, 2.05) is 6.92 Å². The lowest BCUT2D eigenvalue weighted by atomic mass is 10.1. The largest absolute Gasteiger partial charge is 0.492 e. The molecule has 0 amide bonds. The van der Waals surface area contributed by atoms with Crippen molar-refractivity contribution in [3.63, 3.8) is 0 Å². The van der Waals surface area contributed by atoms with Crippen LogP contribution in [0.3, 0.4) is 0 Å². The second-order valence-corrected chi connectivity index (χ2v) is 5.01. The molecule has 0 heterocycles. The summed E-state index contributed by atoms with van der Waals surface area (Å²) in [5.41, 5.74) is 0.618. The van der Waals surface area contributed by atoms with E-state index in [-0.39, 0.29) is 0 Å². The SMILES string of the molecule is CCOc1c(Br)cc(Br)cc1/C=C/C(=O)C(=O)O. The summed E-state index contributed by atoms with van der Waals surface area (Å²) in [6.07, 6.45) is 2.41. The molecule has 0 aliphatic heterocycles. The van der Waals surface area contributed by atoms with Gasteiger partial charge in [0.2, 0.25) is 0 Å². The predicted octanol–water partition coefficient (Wildman–Crippen LogP) is 3.28. The molecule has 0 aromatic heterocycles. The van der Waals surface area contributed by atoms with Gasteiger partial charge >= 0.3 is 5.97 Å². The Morgan fingerprint density at radius 1 is 1.39 bits per heavy atom. The van der Waals surface area contributed by atoms with Gasteiger partial charge in [0, 0.05) is 10.0 Å². The van der Waals surface area contributed by atoms with Gasteiger partial charge in [-0.2, -0.15) is 0 Å². The van der Waals surface area contributed by atoms with Crippen molar-refractivity contribution in [1.82, 2.24) is 0 Å². The minimum atomic E-state index is -1.49. The highest BCUT2D eigenvalue weighted by molar-refractivity contribution is 9.11. The Kier molecular flexibility index (Phi) is 5.55. The number of halogens is 2. The minimum Gasteiger partial charge on any atom is -0.492 e. The van der Waals surface area contributed by atoms with E-state index in [9.17, 15) is 9.59 Å². The highest BCUT2D eigenvalue weighted by atomic mass is 79.9. The molecule has 0 fully saturated rings. The summed E-state index contributed by atoms with van der Waals surface area (Å²) in [5, 5.41) is 8.49. The molecule has 0 bridgehead atoms. The average Bonchev–Trinajstić information content (AvgIpc) is 2.29. The maximum Gasteiger partial charge on any atom is 0.376 e. The third-order valence-electron chi connectivity index (χ3n) is 1.95. The van der Waals surface area contributed by atoms with Gasteiger partial charge in [-0.3, -0.25) is 4.79 Å². The molecule has 6 heteroatoms. The predicted molar refractivity (Wildman–Crippen MR) is 74.7 cm³/mol. The van der Waals surface area contributed by atoms with Crippen LogP contribution in [-0.4, -0.2) is 23.5 Å². The number of hydrogen-bond acceptors (Lipinski definition) is 3. The normalized spacial score (nSPS) is 10.6. The smallest absolute Gasteiger partial charge is 0.376 e. The average molecular weight is 378 g/mol. The lowest BCUT2D eigenvalue weighted by Gasteiger charge is -2.10. The molecule has 96 valence electrons. The van der Waals surface area contributed by atoms with Crippen LogP contribution in [0.1, 0.15) is 12.5 Å². The number of ether oxygens (including phenoxy) is 1. The van der Waals surface area contributed by atoms with Crippen LogP contribution in [0.4, 0.5) is 0 Å². The van der Waals surface area contributed by atoms with Gasteiger partial charge in [0.05, 0.1) is 11.1 Å². The topological polar surface area (TPSA) is 63.6 Å². The monoisotopic (exact) mass is 376 g/mol. The summed E-state index contributed by atoms with van der Waals surface area (Å²) in [5.74, 6) is -1.90. The molecule has 4 nitrogen and oxygen atoms in total. The molecule has 0 atom stereocenters. The summed E-state index contributed by atoms with van der Waals surface area (Å²) in [7, 11) is 0. The standard InChI is InChI=1S/C12H10Br2O4/c1-2-18-11-7(3-4-10(15)12(16)17)5-8(13)6-9(11)14/h3-6H,2H2,1H3,(H,16,17)/b4-3+. The van der Waals surface area contributed by atoms with E-state index in [4.69, 9.17) is 9.84 Å². The van der Waals surface area contributed by atoms with Crippen molar-refractivity contribution in [3.8, 4) is 5.75 Å². The van der Waals surface area contributed by atoms with Crippen molar-refractivity contribution in [3.05, 3.63) is 32.7 Å². The Morgan fingerprint density at radius 2 is 2.06 bits per heavy atom. The van der Waals surface area contributed by atoms with Crippen LogP contribution < -0.4 is 4.74 Å². The fraction of sp³-hybridized carbons (Fsp3) is 0.167. The zero-order valence-electron chi connectivity index (χ0n) is 9.44. The van der Waals surface area contributed by atoms with E-state index in [0.29, 0.717) is 17.9 Å². The lowest BCUT2D eigenvalue weighted by molar-refractivity contribution is -0.146. The fourth-order valence-electron chi connectivity index (χ4n) is 1.24. The van der Waals surface area contributed by atoms with Gasteiger partial charge in [0.15, 0.2) is 0 Å². The lowest BCUT2D eigenvalue weighted by Crippen LogP contribution is -2.08. The first-order valence-electron chi connectivity index (χ1n) is 5.03. The molecule has 0 saturated carbocycles. The molecule has 0 saturated heterocycles. The molecular weight excluding hydrogens is 368 g/mol. The van der Waals surface area contributed by atoms with Crippen LogP contribution in [0.15, 0.2) is 27.2 Å². The fourth-order valence-corrected chi connectivity index (χ4v) is 2.61. The van der Waals surface area contributed by atoms with Crippen LogP contribution in [0.5, 0.6) is 5.75 Å². The number of benzene rings is 1. The molecule has 1 aromatic carbocycles. The number of carboxylic acid groups (broad SMARTS) is 1. The highest BCUT2D eigenvalue weighted by Gasteiger charge is 2.10. The molecule has 1 aromatic rings. The molecule has 1 N–H and O–H groups in total. The second-order valence-electron chi connectivity index (χ2n) is 3.24. The number of carbonyl (C=O) groups excluding carboxylic acids is 1. The molecule has 1 rings (SSSR count). The first-order valence-corrected chi connectivity index (χ1v) is 6.61. The number of hydrogen-bond donors (Lipinski definition) is 1. The van der Waals surface area contributed by atoms with E-state index < -0.39 is 11.8 Å². The van der Waals surface area contributed by atoms with Crippen LogP contribution in [0.25, 0.3) is 6.08 Å². The summed E-state index contributed by atoms with van der Waals surface area (Å²) >= 11 is 6.66. The molecule has 0 aliphatic rings. The number of rotatable bonds is 5. The van der Waals surface area contributed by atoms with Crippen LogP contribution in [0, 0.1) is 0 Å². The quantitative estimate of drug-likeness (QED) is 0.631. The maximum atomic E-state index is 11.0. The number of aliphatic carboxylic acids is 1. The van der Waals surface area contributed by atoms with Gasteiger partial charge < -0.3 is 9.84 Å². The number of carboxylic acids is 1. The zero-order chi connectivity index (χ0) is 13.7. The van der Waals surface area contributed by atoms with Crippen molar-refractivity contribution in [1.29, 1.82) is 0 Å². The molecular formula is C12H10Br2O4. The van der Waals surface area contributed by atoms with Gasteiger partial charge in [0.1, 0.15) is 5.75 Å². The van der Waals surface area contributed by atoms with Crippen molar-refractivity contribution in [2.24, 2.45) is 0 Å². The summed E-state index contributed by atoms with van der Waals surface area (Å²) in [6.45, 7) is 2.30. The van der Waals surface area contributed by atoms with Crippen LogP contribution in [0.2, 0.25) is 0 Å². The summed E-state index contributed by atoms with van der Waals surface area (Å²) in [6, 6.07) is 3.54. The van der Waals surface area contributed by atoms with E-state index in [0.717, 1.165) is 15.0 Å². The van der Waals surface area contributed by atoms with Crippen LogP contribution >= 0.6 is 31.9 Å². The van der Waals surface area contributed by atoms with Crippen molar-refractivity contribution >= 4 is 49.7 Å². The number of carbonyl (C=O) groups is 2. The molecule has 0 radical (unpaired) electrons. The number of ketones is 1. The molecule has 18 heavy (non-hydrogen) atoms. The Morgan fingerprint density at radius 3 is 2.61 bits per heavy atom. The molecule has 0 aliphatic carbocycles. The minimum absolute atomic E-state index is 0.466. The third kappa shape index (κ3) is 3.96. The van der Waals surface area contributed by atoms with Gasteiger partial charge in [-0.25, -0.2) is 4.79 Å². The van der Waals surface area contributed by atoms with Gasteiger partial charge in [-0.05, 0) is 47.1 Å². The van der Waals surface area contributed by atoms with Gasteiger partial charge in [-0.1, -0.05) is 15.9 Å². The first kappa shape index (κ1) is 14.9. The van der Waals surface area contributed by atoms with Crippen LogP contribution in [-0.2, 0) is 9.59 Å². The van der Waals surface area contributed by atoms with Gasteiger partial charge in [0.25, 0.3) is 5.78 Å².